The van der Waals surface area contributed by atoms with Crippen molar-refractivity contribution < 1.29 is 22.7 Å². The van der Waals surface area contributed by atoms with E-state index in [-0.39, 0.29) is 16.8 Å². The summed E-state index contributed by atoms with van der Waals surface area (Å²) in [6.07, 6.45) is 0.635. The Morgan fingerprint density at radius 1 is 1.14 bits per heavy atom. The lowest BCUT2D eigenvalue weighted by atomic mass is 10.1. The summed E-state index contributed by atoms with van der Waals surface area (Å²) in [5.74, 6) is 1.24. The number of nitrogens with zero attached hydrogens (tertiary/aromatic N) is 1. The van der Waals surface area contributed by atoms with E-state index < -0.39 is 16.1 Å². The van der Waals surface area contributed by atoms with E-state index in [0.29, 0.717) is 31.1 Å². The van der Waals surface area contributed by atoms with Gasteiger partial charge in [0.2, 0.25) is 15.9 Å². The fourth-order valence-electron chi connectivity index (χ4n) is 3.95. The van der Waals surface area contributed by atoms with E-state index in [1.807, 2.05) is 13.0 Å². The van der Waals surface area contributed by atoms with Crippen LogP contribution in [0.4, 0.5) is 5.69 Å². The van der Waals surface area contributed by atoms with Crippen LogP contribution in [0.5, 0.6) is 11.5 Å². The molecule has 7 nitrogen and oxygen atoms in total. The van der Waals surface area contributed by atoms with Crippen molar-refractivity contribution in [1.29, 1.82) is 0 Å². The average molecular weight is 416 g/mol. The average Bonchev–Trinajstić information content (AvgIpc) is 3.02. The Morgan fingerprint density at radius 3 is 2.59 bits per heavy atom. The molecule has 0 spiro atoms. The van der Waals surface area contributed by atoms with Crippen molar-refractivity contribution in [3.8, 4) is 11.5 Å². The Balaban J connectivity index is 1.56. The lowest BCUT2D eigenvalue weighted by Crippen LogP contribution is -2.33. The lowest BCUT2D eigenvalue weighted by molar-refractivity contribution is -0.116. The van der Waals surface area contributed by atoms with Gasteiger partial charge in [-0.25, -0.2) is 13.1 Å². The number of ether oxygens (including phenoxy) is 2. The summed E-state index contributed by atoms with van der Waals surface area (Å²) < 4.78 is 39.7. The second-order valence-corrected chi connectivity index (χ2v) is 9.19. The number of carbonyl (C=O) groups is 1. The quantitative estimate of drug-likeness (QED) is 0.829. The zero-order valence-electron chi connectivity index (χ0n) is 16.6. The Hall–Kier alpha value is -2.58. The van der Waals surface area contributed by atoms with Crippen LogP contribution in [0, 0.1) is 0 Å². The van der Waals surface area contributed by atoms with Gasteiger partial charge in [0, 0.05) is 24.7 Å². The zero-order chi connectivity index (χ0) is 20.8. The van der Waals surface area contributed by atoms with Crippen LogP contribution in [0.2, 0.25) is 0 Å². The number of carbonyl (C=O) groups excluding carboxylic acids is 1. The van der Waals surface area contributed by atoms with Gasteiger partial charge >= 0.3 is 0 Å². The minimum atomic E-state index is -3.73. The number of benzene rings is 2. The van der Waals surface area contributed by atoms with Crippen LogP contribution in [-0.4, -0.2) is 33.6 Å². The summed E-state index contributed by atoms with van der Waals surface area (Å²) in [6, 6.07) is 9.92. The highest BCUT2D eigenvalue weighted by Crippen LogP contribution is 2.35. The third kappa shape index (κ3) is 3.70. The molecule has 0 saturated carbocycles. The van der Waals surface area contributed by atoms with Gasteiger partial charge in [0.15, 0.2) is 11.5 Å². The van der Waals surface area contributed by atoms with Crippen LogP contribution >= 0.6 is 0 Å². The predicted octanol–water partition coefficient (Wildman–Crippen LogP) is 2.79. The molecule has 0 aromatic heterocycles. The first-order valence-corrected chi connectivity index (χ1v) is 11.1. The Morgan fingerprint density at radius 2 is 1.86 bits per heavy atom. The van der Waals surface area contributed by atoms with Crippen molar-refractivity contribution in [2.45, 2.75) is 44.2 Å². The van der Waals surface area contributed by atoms with Crippen molar-refractivity contribution in [2.24, 2.45) is 0 Å². The maximum absolute atomic E-state index is 13.0. The third-order valence-electron chi connectivity index (χ3n) is 5.31. The summed E-state index contributed by atoms with van der Waals surface area (Å²) >= 11 is 0. The standard InChI is InChI=1S/C21H24N2O5S/c1-13-10-17-11-18(5-6-19(17)23(13)15(3)24)29(25,26)22-14(2)16-4-7-20-21(12-16)28-9-8-27-20/h4-7,11-14,22H,8-10H2,1-3H3/t13-,14-/m0/s1. The molecule has 2 aromatic carbocycles. The Bertz CT molecular complexity index is 1070. The molecule has 154 valence electrons. The van der Waals surface area contributed by atoms with Gasteiger partial charge < -0.3 is 14.4 Å². The van der Waals surface area contributed by atoms with E-state index in [4.69, 9.17) is 9.47 Å². The molecule has 0 radical (unpaired) electrons. The Labute approximate surface area is 170 Å². The molecule has 1 N–H and O–H groups in total. The maximum atomic E-state index is 13.0. The van der Waals surface area contributed by atoms with Gasteiger partial charge in [-0.1, -0.05) is 6.07 Å². The minimum Gasteiger partial charge on any atom is -0.486 e. The lowest BCUT2D eigenvalue weighted by Gasteiger charge is -2.21. The number of fused-ring (bicyclic) bond motifs is 2. The number of rotatable bonds is 4. The van der Waals surface area contributed by atoms with Crippen molar-refractivity contribution in [1.82, 2.24) is 4.72 Å². The zero-order valence-corrected chi connectivity index (χ0v) is 17.5. The molecule has 2 aromatic rings. The normalized spacial score (nSPS) is 19.0. The number of amides is 1. The van der Waals surface area contributed by atoms with Gasteiger partial charge in [-0.3, -0.25) is 4.79 Å². The van der Waals surface area contributed by atoms with Crippen molar-refractivity contribution >= 4 is 21.6 Å². The molecule has 29 heavy (non-hydrogen) atoms. The smallest absolute Gasteiger partial charge is 0.241 e. The van der Waals surface area contributed by atoms with Gasteiger partial charge in [0.05, 0.1) is 4.90 Å². The van der Waals surface area contributed by atoms with Crippen LogP contribution in [0.1, 0.15) is 37.9 Å². The van der Waals surface area contributed by atoms with Crippen LogP contribution in [0.15, 0.2) is 41.3 Å². The van der Waals surface area contributed by atoms with Crippen LogP contribution in [-0.2, 0) is 21.2 Å². The summed E-state index contributed by atoms with van der Waals surface area (Å²) in [5, 5.41) is 0. The molecule has 2 aliphatic heterocycles. The minimum absolute atomic E-state index is 0.0186. The molecule has 8 heteroatoms. The largest absolute Gasteiger partial charge is 0.486 e. The first kappa shape index (κ1) is 19.7. The molecule has 0 saturated heterocycles. The van der Waals surface area contributed by atoms with Gasteiger partial charge in [-0.05, 0) is 61.7 Å². The number of nitrogens with one attached hydrogen (secondary N) is 1. The molecule has 0 aliphatic carbocycles. The number of anilines is 1. The highest BCUT2D eigenvalue weighted by molar-refractivity contribution is 7.89. The molecule has 0 unspecified atom stereocenters. The molecular formula is C21H24N2O5S. The molecule has 1 amide bonds. The van der Waals surface area contributed by atoms with Gasteiger partial charge in [0.25, 0.3) is 0 Å². The second-order valence-electron chi connectivity index (χ2n) is 7.48. The first-order valence-electron chi connectivity index (χ1n) is 9.61. The monoisotopic (exact) mass is 416 g/mol. The second kappa shape index (κ2) is 7.35. The fraction of sp³-hybridized carbons (Fsp3) is 0.381. The van der Waals surface area contributed by atoms with Gasteiger partial charge in [-0.2, -0.15) is 0 Å². The summed E-state index contributed by atoms with van der Waals surface area (Å²) in [7, 11) is -3.73. The fourth-order valence-corrected chi connectivity index (χ4v) is 5.23. The molecule has 2 aliphatic rings. The van der Waals surface area contributed by atoms with Gasteiger partial charge in [0.1, 0.15) is 13.2 Å². The van der Waals surface area contributed by atoms with E-state index in [0.717, 1.165) is 16.8 Å². The van der Waals surface area contributed by atoms with Crippen LogP contribution in [0.3, 0.4) is 0 Å². The van der Waals surface area contributed by atoms with E-state index in [1.165, 1.54) is 6.92 Å². The molecule has 0 bridgehead atoms. The molecule has 0 fully saturated rings. The summed E-state index contributed by atoms with van der Waals surface area (Å²) in [5.41, 5.74) is 2.43. The number of hydrogen-bond acceptors (Lipinski definition) is 5. The number of sulfonamides is 1. The summed E-state index contributed by atoms with van der Waals surface area (Å²) in [4.78, 5) is 13.8. The van der Waals surface area contributed by atoms with E-state index in [1.54, 1.807) is 42.2 Å². The van der Waals surface area contributed by atoms with Gasteiger partial charge in [-0.15, -0.1) is 0 Å². The topological polar surface area (TPSA) is 84.9 Å². The van der Waals surface area contributed by atoms with Crippen molar-refractivity contribution in [3.63, 3.8) is 0 Å². The molecule has 2 atom stereocenters. The van der Waals surface area contributed by atoms with Crippen molar-refractivity contribution in [3.05, 3.63) is 47.5 Å². The molecular weight excluding hydrogens is 392 g/mol. The van der Waals surface area contributed by atoms with E-state index >= 15 is 0 Å². The predicted molar refractivity (Wildman–Crippen MR) is 109 cm³/mol. The first-order chi connectivity index (χ1) is 13.8. The Kier molecular flexibility index (Phi) is 5.00. The van der Waals surface area contributed by atoms with Crippen LogP contribution < -0.4 is 19.1 Å². The molecule has 4 rings (SSSR count). The van der Waals surface area contributed by atoms with Crippen molar-refractivity contribution in [2.75, 3.05) is 18.1 Å². The van der Waals surface area contributed by atoms with E-state index in [2.05, 4.69) is 4.72 Å². The summed E-state index contributed by atoms with van der Waals surface area (Å²) in [6.45, 7) is 6.24. The number of hydrogen-bond donors (Lipinski definition) is 1. The third-order valence-corrected chi connectivity index (χ3v) is 6.85. The van der Waals surface area contributed by atoms with Crippen LogP contribution in [0.25, 0.3) is 0 Å². The maximum Gasteiger partial charge on any atom is 0.241 e. The van der Waals surface area contributed by atoms with E-state index in [9.17, 15) is 13.2 Å². The molecule has 2 heterocycles. The highest BCUT2D eigenvalue weighted by Gasteiger charge is 2.30. The SMILES string of the molecule is CC(=O)N1c2ccc(S(=O)(=O)N[C@@H](C)c3ccc4c(c3)OCCO4)cc2C[C@@H]1C. The highest BCUT2D eigenvalue weighted by atomic mass is 32.2.